The number of allylic oxidation sites excluding steroid dienone is 1. The van der Waals surface area contributed by atoms with Crippen LogP contribution in [0.4, 0.5) is 0 Å². The second-order valence-corrected chi connectivity index (χ2v) is 2.36. The summed E-state index contributed by atoms with van der Waals surface area (Å²) in [6, 6.07) is 0. The summed E-state index contributed by atoms with van der Waals surface area (Å²) in [6.45, 7) is 0. The molecule has 1 aliphatic heterocycles. The molecule has 1 rings (SSSR count). The lowest BCUT2D eigenvalue weighted by atomic mass is 10.0. The number of cyclic esters (lactones) is 2. The van der Waals surface area contributed by atoms with Gasteiger partial charge in [0.15, 0.2) is 0 Å². The smallest absolute Gasteiger partial charge is 0.317 e. The van der Waals surface area contributed by atoms with Crippen molar-refractivity contribution in [3.63, 3.8) is 0 Å². The quantitative estimate of drug-likeness (QED) is 0.448. The first-order valence-electron chi connectivity index (χ1n) is 3.35. The molecule has 0 amide bonds. The van der Waals surface area contributed by atoms with E-state index in [9.17, 15) is 9.59 Å². The zero-order chi connectivity index (χ0) is 8.27. The predicted octanol–water partition coefficient (Wildman–Crippen LogP) is -0.0614. The lowest BCUT2D eigenvalue weighted by molar-refractivity contribution is -0.153. The van der Waals surface area contributed by atoms with Crippen LogP contribution in [0.1, 0.15) is 12.8 Å². The molecule has 0 spiro atoms. The van der Waals surface area contributed by atoms with Gasteiger partial charge in [-0.15, -0.1) is 0 Å². The summed E-state index contributed by atoms with van der Waals surface area (Å²) in [5.74, 6) is -1.19. The van der Waals surface area contributed by atoms with E-state index in [1.165, 1.54) is 6.20 Å². The van der Waals surface area contributed by atoms with Crippen molar-refractivity contribution >= 4 is 11.9 Å². The molecule has 4 heteroatoms. The highest BCUT2D eigenvalue weighted by Gasteiger charge is 2.31. The molecule has 4 nitrogen and oxygen atoms in total. The topological polar surface area (TPSA) is 69.4 Å². The zero-order valence-electron chi connectivity index (χ0n) is 5.95. The van der Waals surface area contributed by atoms with Gasteiger partial charge in [0.05, 0.1) is 12.3 Å². The SMILES string of the molecule is N/C=C/CC1CC(=O)OC1=O. The van der Waals surface area contributed by atoms with E-state index in [2.05, 4.69) is 4.74 Å². The number of ether oxygens (including phenoxy) is 1. The summed E-state index contributed by atoms with van der Waals surface area (Å²) < 4.78 is 4.32. The van der Waals surface area contributed by atoms with Gasteiger partial charge in [-0.3, -0.25) is 9.59 Å². The van der Waals surface area contributed by atoms with Gasteiger partial charge < -0.3 is 10.5 Å². The summed E-state index contributed by atoms with van der Waals surface area (Å²) in [7, 11) is 0. The molecule has 1 heterocycles. The normalized spacial score (nSPS) is 24.5. The molecule has 0 aromatic rings. The Hall–Kier alpha value is -1.32. The van der Waals surface area contributed by atoms with Crippen LogP contribution in [0.5, 0.6) is 0 Å². The standard InChI is InChI=1S/C7H9NO3/c8-3-1-2-5-4-6(9)11-7(5)10/h1,3,5H,2,4,8H2/b3-1+. The number of rotatable bonds is 2. The highest BCUT2D eigenvalue weighted by Crippen LogP contribution is 2.19. The van der Waals surface area contributed by atoms with E-state index >= 15 is 0 Å². The minimum Gasteiger partial charge on any atom is -0.405 e. The molecule has 0 aliphatic carbocycles. The maximum Gasteiger partial charge on any atom is 0.317 e. The van der Waals surface area contributed by atoms with Crippen molar-refractivity contribution in [2.75, 3.05) is 0 Å². The Kier molecular flexibility index (Phi) is 2.25. The van der Waals surface area contributed by atoms with Crippen molar-refractivity contribution in [2.45, 2.75) is 12.8 Å². The summed E-state index contributed by atoms with van der Waals surface area (Å²) >= 11 is 0. The van der Waals surface area contributed by atoms with Crippen LogP contribution in [-0.2, 0) is 14.3 Å². The molecule has 11 heavy (non-hydrogen) atoms. The number of hydrogen-bond acceptors (Lipinski definition) is 4. The molecule has 1 aliphatic rings. The average Bonchev–Trinajstić information content (AvgIpc) is 2.26. The maximum absolute atomic E-state index is 10.8. The molecule has 2 N–H and O–H groups in total. The van der Waals surface area contributed by atoms with E-state index in [1.807, 2.05) is 0 Å². The fourth-order valence-corrected chi connectivity index (χ4v) is 0.944. The van der Waals surface area contributed by atoms with Crippen molar-refractivity contribution in [3.05, 3.63) is 12.3 Å². The zero-order valence-corrected chi connectivity index (χ0v) is 5.95. The third-order valence-corrected chi connectivity index (χ3v) is 1.52. The van der Waals surface area contributed by atoms with E-state index < -0.39 is 11.9 Å². The average molecular weight is 155 g/mol. The van der Waals surface area contributed by atoms with Crippen LogP contribution in [-0.4, -0.2) is 11.9 Å². The third kappa shape index (κ3) is 1.80. The molecule has 0 saturated carbocycles. The second-order valence-electron chi connectivity index (χ2n) is 2.36. The third-order valence-electron chi connectivity index (χ3n) is 1.52. The van der Waals surface area contributed by atoms with Gasteiger partial charge in [-0.25, -0.2) is 0 Å². The molecule has 1 unspecified atom stereocenters. The van der Waals surface area contributed by atoms with Gasteiger partial charge in [-0.1, -0.05) is 6.08 Å². The number of carbonyl (C=O) groups excluding carboxylic acids is 2. The van der Waals surface area contributed by atoms with Gasteiger partial charge in [0.1, 0.15) is 0 Å². The van der Waals surface area contributed by atoms with Crippen molar-refractivity contribution in [3.8, 4) is 0 Å². The Labute approximate surface area is 64.0 Å². The highest BCUT2D eigenvalue weighted by molar-refractivity contribution is 5.94. The van der Waals surface area contributed by atoms with Gasteiger partial charge in [-0.05, 0) is 12.6 Å². The van der Waals surface area contributed by atoms with Gasteiger partial charge in [0.2, 0.25) is 0 Å². The summed E-state index contributed by atoms with van der Waals surface area (Å²) in [6.07, 6.45) is 3.67. The van der Waals surface area contributed by atoms with Gasteiger partial charge in [0, 0.05) is 0 Å². The van der Waals surface area contributed by atoms with Gasteiger partial charge in [-0.2, -0.15) is 0 Å². The Balaban J connectivity index is 2.47. The minimum absolute atomic E-state index is 0.184. The van der Waals surface area contributed by atoms with Gasteiger partial charge in [0.25, 0.3) is 0 Å². The lowest BCUT2D eigenvalue weighted by Gasteiger charge is -1.96. The lowest BCUT2D eigenvalue weighted by Crippen LogP contribution is -2.05. The van der Waals surface area contributed by atoms with E-state index in [0.717, 1.165) is 0 Å². The molecule has 0 aromatic carbocycles. The Morgan fingerprint density at radius 2 is 2.36 bits per heavy atom. The van der Waals surface area contributed by atoms with Crippen LogP contribution in [0, 0.1) is 5.92 Å². The summed E-state index contributed by atoms with van der Waals surface area (Å²) in [5.41, 5.74) is 5.07. The molecule has 0 aromatic heterocycles. The van der Waals surface area contributed by atoms with Crippen LogP contribution < -0.4 is 5.73 Å². The van der Waals surface area contributed by atoms with Crippen molar-refractivity contribution < 1.29 is 14.3 Å². The molecule has 1 saturated heterocycles. The first-order chi connectivity index (χ1) is 5.24. The van der Waals surface area contributed by atoms with E-state index in [4.69, 9.17) is 5.73 Å². The molecular formula is C7H9NO3. The van der Waals surface area contributed by atoms with Crippen molar-refractivity contribution in [1.29, 1.82) is 0 Å². The Morgan fingerprint density at radius 1 is 1.64 bits per heavy atom. The van der Waals surface area contributed by atoms with Crippen LogP contribution in [0.2, 0.25) is 0 Å². The molecule has 60 valence electrons. The molecular weight excluding hydrogens is 146 g/mol. The maximum atomic E-state index is 10.8. The molecule has 0 radical (unpaired) electrons. The largest absolute Gasteiger partial charge is 0.405 e. The van der Waals surface area contributed by atoms with Crippen LogP contribution in [0.25, 0.3) is 0 Å². The number of carbonyl (C=O) groups is 2. The van der Waals surface area contributed by atoms with Crippen molar-refractivity contribution in [1.82, 2.24) is 0 Å². The molecule has 1 fully saturated rings. The van der Waals surface area contributed by atoms with E-state index in [1.54, 1.807) is 6.08 Å². The van der Waals surface area contributed by atoms with E-state index in [0.29, 0.717) is 6.42 Å². The number of hydrogen-bond donors (Lipinski definition) is 1. The second kappa shape index (κ2) is 3.18. The van der Waals surface area contributed by atoms with Crippen LogP contribution >= 0.6 is 0 Å². The van der Waals surface area contributed by atoms with Gasteiger partial charge >= 0.3 is 11.9 Å². The number of nitrogens with two attached hydrogens (primary N) is 1. The van der Waals surface area contributed by atoms with Crippen molar-refractivity contribution in [2.24, 2.45) is 11.7 Å². The Morgan fingerprint density at radius 3 is 2.82 bits per heavy atom. The van der Waals surface area contributed by atoms with Crippen LogP contribution in [0.3, 0.4) is 0 Å². The number of esters is 2. The predicted molar refractivity (Wildman–Crippen MR) is 37.2 cm³/mol. The first kappa shape index (κ1) is 7.78. The first-order valence-corrected chi connectivity index (χ1v) is 3.35. The minimum atomic E-state index is -0.439. The Bertz CT molecular complexity index is 210. The molecule has 1 atom stereocenters. The highest BCUT2D eigenvalue weighted by atomic mass is 16.6. The summed E-state index contributed by atoms with van der Waals surface area (Å²) in [4.78, 5) is 21.3. The van der Waals surface area contributed by atoms with Crippen LogP contribution in [0.15, 0.2) is 12.3 Å². The summed E-state index contributed by atoms with van der Waals surface area (Å²) in [5, 5.41) is 0. The molecule has 0 bridgehead atoms. The monoisotopic (exact) mass is 155 g/mol. The fourth-order valence-electron chi connectivity index (χ4n) is 0.944. The van der Waals surface area contributed by atoms with E-state index in [-0.39, 0.29) is 12.3 Å². The fraction of sp³-hybridized carbons (Fsp3) is 0.429.